The summed E-state index contributed by atoms with van der Waals surface area (Å²) in [5, 5.41) is 15.1. The van der Waals surface area contributed by atoms with Crippen molar-refractivity contribution in [3.8, 4) is 17.2 Å². The molecule has 2 N–H and O–H groups in total. The van der Waals surface area contributed by atoms with Gasteiger partial charge >= 0.3 is 0 Å². The van der Waals surface area contributed by atoms with Crippen LogP contribution in [0.15, 0.2) is 54.6 Å². The molecule has 0 unspecified atom stereocenters. The molecule has 0 aliphatic carbocycles. The number of aromatic nitrogens is 3. The maximum Gasteiger partial charge on any atom is 0.257 e. The minimum Gasteiger partial charge on any atom is -0.493 e. The minimum absolute atomic E-state index is 0.171. The molecule has 1 aromatic heterocycles. The number of carbonyl (C=O) groups excluding carboxylic acids is 1. The van der Waals surface area contributed by atoms with Gasteiger partial charge in [0.1, 0.15) is 11.0 Å². The number of fused-ring (bicyclic) bond motifs is 1. The Kier molecular flexibility index (Phi) is 6.74. The van der Waals surface area contributed by atoms with Crippen molar-refractivity contribution in [1.82, 2.24) is 20.3 Å². The number of hydrogen-bond acceptors (Lipinski definition) is 6. The minimum atomic E-state index is -0.362. The van der Waals surface area contributed by atoms with Gasteiger partial charge in [-0.2, -0.15) is 4.80 Å². The van der Waals surface area contributed by atoms with Crippen LogP contribution in [0, 0.1) is 6.92 Å². The summed E-state index contributed by atoms with van der Waals surface area (Å²) in [4.78, 5) is 14.3. The molecular weight excluding hydrogens is 450 g/mol. The van der Waals surface area contributed by atoms with Crippen LogP contribution in [0.25, 0.3) is 16.7 Å². The van der Waals surface area contributed by atoms with Gasteiger partial charge in [-0.25, -0.2) is 0 Å². The van der Waals surface area contributed by atoms with Gasteiger partial charge in [0.05, 0.1) is 19.9 Å². The molecular formula is C25H25N5O3S. The summed E-state index contributed by atoms with van der Waals surface area (Å²) in [6.07, 6.45) is 0.978. The third kappa shape index (κ3) is 4.84. The number of amides is 1. The summed E-state index contributed by atoms with van der Waals surface area (Å²) in [5.74, 6) is 0.638. The molecule has 4 aromatic rings. The summed E-state index contributed by atoms with van der Waals surface area (Å²) in [6.45, 7) is 4.06. The Morgan fingerprint density at radius 3 is 2.29 bits per heavy atom. The molecule has 0 atom stereocenters. The van der Waals surface area contributed by atoms with Crippen molar-refractivity contribution in [2.24, 2.45) is 0 Å². The summed E-state index contributed by atoms with van der Waals surface area (Å²) in [5.41, 5.74) is 5.67. The predicted molar refractivity (Wildman–Crippen MR) is 136 cm³/mol. The zero-order valence-corrected chi connectivity index (χ0v) is 20.2. The zero-order chi connectivity index (χ0) is 24.2. The molecule has 9 heteroatoms. The third-order valence-corrected chi connectivity index (χ3v) is 5.63. The molecule has 1 heterocycles. The quantitative estimate of drug-likeness (QED) is 0.399. The van der Waals surface area contributed by atoms with E-state index in [1.165, 1.54) is 19.8 Å². The largest absolute Gasteiger partial charge is 0.493 e. The van der Waals surface area contributed by atoms with E-state index in [-0.39, 0.29) is 11.0 Å². The van der Waals surface area contributed by atoms with E-state index in [0.29, 0.717) is 22.6 Å². The van der Waals surface area contributed by atoms with Crippen LogP contribution in [0.2, 0.25) is 0 Å². The Hall–Kier alpha value is -3.98. The predicted octanol–water partition coefficient (Wildman–Crippen LogP) is 4.44. The summed E-state index contributed by atoms with van der Waals surface area (Å²) in [6, 6.07) is 16.8. The number of benzene rings is 3. The van der Waals surface area contributed by atoms with E-state index in [1.807, 2.05) is 31.2 Å². The van der Waals surface area contributed by atoms with Crippen LogP contribution < -0.4 is 20.1 Å². The highest BCUT2D eigenvalue weighted by molar-refractivity contribution is 7.80. The van der Waals surface area contributed by atoms with Gasteiger partial charge < -0.3 is 14.8 Å². The molecule has 174 valence electrons. The Morgan fingerprint density at radius 1 is 0.971 bits per heavy atom. The molecule has 3 aromatic carbocycles. The molecule has 34 heavy (non-hydrogen) atoms. The van der Waals surface area contributed by atoms with Crippen molar-refractivity contribution >= 4 is 40.0 Å². The second-order valence-corrected chi connectivity index (χ2v) is 8.05. The van der Waals surface area contributed by atoms with Crippen molar-refractivity contribution in [2.75, 3.05) is 19.5 Å². The second kappa shape index (κ2) is 9.88. The van der Waals surface area contributed by atoms with Crippen LogP contribution in [-0.2, 0) is 6.42 Å². The lowest BCUT2D eigenvalue weighted by atomic mass is 10.1. The van der Waals surface area contributed by atoms with Crippen LogP contribution in [0.1, 0.15) is 28.4 Å². The molecule has 4 rings (SSSR count). The summed E-state index contributed by atoms with van der Waals surface area (Å²) < 4.78 is 10.5. The van der Waals surface area contributed by atoms with Crippen molar-refractivity contribution in [3.05, 3.63) is 71.3 Å². The molecule has 1 amide bonds. The SMILES string of the molecule is CCc1ccc(-n2nc3cc(C)c(NC(=S)NC(=O)c4ccc(OC)c(OC)c4)cc3n2)cc1. The average molecular weight is 476 g/mol. The van der Waals surface area contributed by atoms with E-state index >= 15 is 0 Å². The molecule has 0 spiro atoms. The molecule has 0 fully saturated rings. The number of methoxy groups -OCH3 is 2. The smallest absolute Gasteiger partial charge is 0.257 e. The van der Waals surface area contributed by atoms with Crippen molar-refractivity contribution in [2.45, 2.75) is 20.3 Å². The molecule has 0 bridgehead atoms. The van der Waals surface area contributed by atoms with E-state index in [9.17, 15) is 4.79 Å². The fourth-order valence-corrected chi connectivity index (χ4v) is 3.69. The number of hydrogen-bond donors (Lipinski definition) is 2. The van der Waals surface area contributed by atoms with Crippen molar-refractivity contribution in [3.63, 3.8) is 0 Å². The lowest BCUT2D eigenvalue weighted by Gasteiger charge is -2.13. The Balaban J connectivity index is 1.50. The van der Waals surface area contributed by atoms with Crippen LogP contribution in [0.3, 0.4) is 0 Å². The van der Waals surface area contributed by atoms with E-state index in [2.05, 4.69) is 39.9 Å². The number of ether oxygens (including phenoxy) is 2. The maximum absolute atomic E-state index is 12.7. The topological polar surface area (TPSA) is 90.3 Å². The van der Waals surface area contributed by atoms with Crippen LogP contribution in [0.5, 0.6) is 11.5 Å². The highest BCUT2D eigenvalue weighted by atomic mass is 32.1. The van der Waals surface area contributed by atoms with Gasteiger partial charge in [-0.05, 0) is 79.2 Å². The number of rotatable bonds is 6. The number of carbonyl (C=O) groups is 1. The van der Waals surface area contributed by atoms with E-state index < -0.39 is 0 Å². The second-order valence-electron chi connectivity index (χ2n) is 7.64. The Bertz CT molecular complexity index is 1370. The first kappa shape index (κ1) is 23.2. The van der Waals surface area contributed by atoms with Crippen molar-refractivity contribution in [1.29, 1.82) is 0 Å². The lowest BCUT2D eigenvalue weighted by molar-refractivity contribution is 0.0977. The first-order valence-electron chi connectivity index (χ1n) is 10.7. The molecule has 0 aliphatic rings. The van der Waals surface area contributed by atoms with Crippen LogP contribution in [0.4, 0.5) is 5.69 Å². The first-order valence-corrected chi connectivity index (χ1v) is 11.1. The van der Waals surface area contributed by atoms with Gasteiger partial charge in [0.2, 0.25) is 0 Å². The fourth-order valence-electron chi connectivity index (χ4n) is 3.49. The lowest BCUT2D eigenvalue weighted by Crippen LogP contribution is -2.34. The standard InChI is InChI=1S/C25H25N5O3S/c1-5-16-6-9-18(10-7-16)30-28-20-12-15(2)19(14-21(20)29-30)26-25(34)27-24(31)17-8-11-22(32-3)23(13-17)33-4/h6-14H,5H2,1-4H3,(H2,26,27,31,34). The number of thiocarbonyl (C=S) groups is 1. The molecule has 0 saturated heterocycles. The third-order valence-electron chi connectivity index (χ3n) is 5.42. The molecule has 0 radical (unpaired) electrons. The summed E-state index contributed by atoms with van der Waals surface area (Å²) >= 11 is 5.37. The summed E-state index contributed by atoms with van der Waals surface area (Å²) in [7, 11) is 3.05. The van der Waals surface area contributed by atoms with Gasteiger partial charge in [-0.15, -0.1) is 10.2 Å². The molecule has 8 nitrogen and oxygen atoms in total. The fraction of sp³-hybridized carbons (Fsp3) is 0.200. The van der Waals surface area contributed by atoms with Gasteiger partial charge in [-0.1, -0.05) is 19.1 Å². The van der Waals surface area contributed by atoms with Crippen LogP contribution in [-0.4, -0.2) is 40.2 Å². The number of anilines is 1. The highest BCUT2D eigenvalue weighted by Crippen LogP contribution is 2.27. The van der Waals surface area contributed by atoms with Gasteiger partial charge in [0.25, 0.3) is 5.91 Å². The van der Waals surface area contributed by atoms with E-state index in [4.69, 9.17) is 21.7 Å². The number of aryl methyl sites for hydroxylation is 2. The molecule has 0 aliphatic heterocycles. The zero-order valence-electron chi connectivity index (χ0n) is 19.4. The van der Waals surface area contributed by atoms with Crippen molar-refractivity contribution < 1.29 is 14.3 Å². The van der Waals surface area contributed by atoms with Gasteiger partial charge in [0.15, 0.2) is 16.6 Å². The Labute approximate surface area is 202 Å². The van der Waals surface area contributed by atoms with E-state index in [0.717, 1.165) is 28.9 Å². The maximum atomic E-state index is 12.7. The van der Waals surface area contributed by atoms with Gasteiger partial charge in [0, 0.05) is 11.3 Å². The Morgan fingerprint density at radius 2 is 1.65 bits per heavy atom. The average Bonchev–Trinajstić information content (AvgIpc) is 3.26. The molecule has 0 saturated carbocycles. The number of nitrogens with one attached hydrogen (secondary N) is 2. The first-order chi connectivity index (χ1) is 16.4. The normalized spacial score (nSPS) is 10.7. The monoisotopic (exact) mass is 475 g/mol. The number of nitrogens with zero attached hydrogens (tertiary/aromatic N) is 3. The van der Waals surface area contributed by atoms with E-state index in [1.54, 1.807) is 23.0 Å². The highest BCUT2D eigenvalue weighted by Gasteiger charge is 2.14. The van der Waals surface area contributed by atoms with Gasteiger partial charge in [-0.3, -0.25) is 10.1 Å². The van der Waals surface area contributed by atoms with Crippen LogP contribution >= 0.6 is 12.2 Å².